The minimum Gasteiger partial charge on any atom is -0.490 e. The summed E-state index contributed by atoms with van der Waals surface area (Å²) in [4.78, 5) is 29.6. The molecule has 0 saturated heterocycles. The predicted octanol–water partition coefficient (Wildman–Crippen LogP) is 7.39. The molecule has 1 amide bonds. The van der Waals surface area contributed by atoms with Gasteiger partial charge in [0.1, 0.15) is 5.58 Å². The van der Waals surface area contributed by atoms with Crippen LogP contribution in [-0.2, 0) is 6.54 Å². The first kappa shape index (κ1) is 26.8. The van der Waals surface area contributed by atoms with Crippen LogP contribution >= 0.6 is 11.6 Å². The third-order valence-corrected chi connectivity index (χ3v) is 7.59. The normalized spacial score (nSPS) is 14.6. The number of carbonyl (C=O) groups excluding carboxylic acids is 1. The van der Waals surface area contributed by atoms with Crippen LogP contribution in [0.3, 0.4) is 0 Å². The van der Waals surface area contributed by atoms with Crippen LogP contribution in [0.15, 0.2) is 63.8 Å². The summed E-state index contributed by atoms with van der Waals surface area (Å²) in [7, 11) is 0. The van der Waals surface area contributed by atoms with E-state index in [2.05, 4.69) is 6.92 Å². The molecular weight excluding hydrogens is 514 g/mol. The average molecular weight is 546 g/mol. The molecular formula is C32H32ClNO5. The van der Waals surface area contributed by atoms with Gasteiger partial charge >= 0.3 is 0 Å². The second-order valence-corrected chi connectivity index (χ2v) is 10.3. The van der Waals surface area contributed by atoms with Crippen LogP contribution in [0.4, 0.5) is 0 Å². The fourth-order valence-corrected chi connectivity index (χ4v) is 5.20. The van der Waals surface area contributed by atoms with Gasteiger partial charge in [-0.25, -0.2) is 0 Å². The lowest BCUT2D eigenvalue weighted by atomic mass is 9.97. The summed E-state index contributed by atoms with van der Waals surface area (Å²) < 4.78 is 18.1. The Morgan fingerprint density at radius 3 is 2.46 bits per heavy atom. The second-order valence-electron chi connectivity index (χ2n) is 9.87. The summed E-state index contributed by atoms with van der Waals surface area (Å²) in [6, 6.07) is 16.0. The second kappa shape index (κ2) is 11.1. The standard InChI is InChI=1S/C32H32ClNO5/c1-5-7-14-38-25-13-12-21(17-27(25)37-6-2)29-28-30(35)23-15-19(3)20(4)16-26(23)39-31(28)32(36)34(29)18-22-10-8-9-11-24(22)33/h8-13,15-17,29H,5-7,14,18H2,1-4H3. The van der Waals surface area contributed by atoms with Crippen molar-refractivity contribution in [3.05, 3.63) is 103 Å². The molecule has 3 aromatic carbocycles. The SMILES string of the molecule is CCCCOc1ccc(C2c3c(oc4cc(C)c(C)cc4c3=O)C(=O)N2Cc2ccccc2Cl)cc1OCC. The van der Waals surface area contributed by atoms with E-state index >= 15 is 0 Å². The van der Waals surface area contributed by atoms with Gasteiger partial charge in [-0.2, -0.15) is 0 Å². The van der Waals surface area contributed by atoms with Crippen LogP contribution in [0.2, 0.25) is 5.02 Å². The van der Waals surface area contributed by atoms with Crippen molar-refractivity contribution in [3.8, 4) is 11.5 Å². The van der Waals surface area contributed by atoms with Gasteiger partial charge in [-0.05, 0) is 79.8 Å². The fourth-order valence-electron chi connectivity index (χ4n) is 5.00. The molecule has 1 aliphatic rings. The molecule has 0 bridgehead atoms. The highest BCUT2D eigenvalue weighted by atomic mass is 35.5. The van der Waals surface area contributed by atoms with Crippen molar-refractivity contribution in [2.45, 2.75) is 53.1 Å². The molecule has 6 nitrogen and oxygen atoms in total. The van der Waals surface area contributed by atoms with Crippen LogP contribution in [-0.4, -0.2) is 24.0 Å². The van der Waals surface area contributed by atoms with Gasteiger partial charge < -0.3 is 18.8 Å². The molecule has 0 radical (unpaired) electrons. The first-order chi connectivity index (χ1) is 18.8. The van der Waals surface area contributed by atoms with E-state index in [1.165, 1.54) is 0 Å². The molecule has 7 heteroatoms. The number of halogens is 1. The van der Waals surface area contributed by atoms with Crippen LogP contribution in [0.5, 0.6) is 11.5 Å². The third kappa shape index (κ3) is 5.01. The number of aryl methyl sites for hydroxylation is 2. The molecule has 0 aliphatic carbocycles. The molecule has 202 valence electrons. The molecule has 4 aromatic rings. The Morgan fingerprint density at radius 1 is 0.949 bits per heavy atom. The minimum atomic E-state index is -0.685. The summed E-state index contributed by atoms with van der Waals surface area (Å²) in [5.74, 6) is 0.914. The molecule has 2 heterocycles. The number of benzene rings is 3. The maximum atomic E-state index is 14.0. The van der Waals surface area contributed by atoms with Crippen molar-refractivity contribution in [3.63, 3.8) is 0 Å². The molecule has 1 aromatic heterocycles. The fraction of sp³-hybridized carbons (Fsp3) is 0.312. The lowest BCUT2D eigenvalue weighted by Gasteiger charge is -2.26. The van der Waals surface area contributed by atoms with Gasteiger partial charge in [-0.1, -0.05) is 49.2 Å². The number of hydrogen-bond donors (Lipinski definition) is 0. The van der Waals surface area contributed by atoms with Crippen LogP contribution in [0.1, 0.15) is 71.1 Å². The van der Waals surface area contributed by atoms with Crippen LogP contribution in [0, 0.1) is 13.8 Å². The lowest BCUT2D eigenvalue weighted by molar-refractivity contribution is 0.0714. The first-order valence-electron chi connectivity index (χ1n) is 13.4. The molecule has 1 atom stereocenters. The van der Waals surface area contributed by atoms with E-state index < -0.39 is 6.04 Å². The zero-order valence-corrected chi connectivity index (χ0v) is 23.4. The first-order valence-corrected chi connectivity index (χ1v) is 13.7. The molecule has 1 unspecified atom stereocenters. The molecule has 0 fully saturated rings. The molecule has 39 heavy (non-hydrogen) atoms. The van der Waals surface area contributed by atoms with E-state index in [0.29, 0.717) is 46.3 Å². The van der Waals surface area contributed by atoms with Gasteiger partial charge in [-0.3, -0.25) is 9.59 Å². The summed E-state index contributed by atoms with van der Waals surface area (Å²) in [6.45, 7) is 9.16. The lowest BCUT2D eigenvalue weighted by Crippen LogP contribution is -2.29. The van der Waals surface area contributed by atoms with E-state index in [9.17, 15) is 9.59 Å². The van der Waals surface area contributed by atoms with E-state index in [1.54, 1.807) is 11.0 Å². The Kier molecular flexibility index (Phi) is 7.67. The van der Waals surface area contributed by atoms with Crippen molar-refractivity contribution >= 4 is 28.5 Å². The van der Waals surface area contributed by atoms with E-state index in [4.69, 9.17) is 25.5 Å². The van der Waals surface area contributed by atoms with Crippen molar-refractivity contribution < 1.29 is 18.7 Å². The summed E-state index contributed by atoms with van der Waals surface area (Å²) in [6.07, 6.45) is 1.94. The van der Waals surface area contributed by atoms with Crippen LogP contribution in [0.25, 0.3) is 11.0 Å². The number of ether oxygens (including phenoxy) is 2. The van der Waals surface area contributed by atoms with E-state index in [1.807, 2.05) is 69.3 Å². The van der Waals surface area contributed by atoms with E-state index in [0.717, 1.165) is 35.1 Å². The Labute approximate surface area is 233 Å². The summed E-state index contributed by atoms with van der Waals surface area (Å²) in [5.41, 5.74) is 3.99. The zero-order valence-electron chi connectivity index (χ0n) is 22.7. The monoisotopic (exact) mass is 545 g/mol. The number of amides is 1. The Morgan fingerprint density at radius 2 is 1.72 bits per heavy atom. The maximum Gasteiger partial charge on any atom is 0.291 e. The smallest absolute Gasteiger partial charge is 0.291 e. The van der Waals surface area contributed by atoms with Gasteiger partial charge in [0.05, 0.1) is 30.2 Å². The van der Waals surface area contributed by atoms with Crippen molar-refractivity contribution in [1.82, 2.24) is 4.90 Å². The number of rotatable bonds is 9. The highest BCUT2D eigenvalue weighted by Gasteiger charge is 2.43. The number of unbranched alkanes of at least 4 members (excludes halogenated alkanes) is 1. The summed E-state index contributed by atoms with van der Waals surface area (Å²) in [5, 5.41) is 1.00. The maximum absolute atomic E-state index is 14.0. The van der Waals surface area contributed by atoms with Gasteiger partial charge in [0.2, 0.25) is 5.76 Å². The van der Waals surface area contributed by atoms with Crippen molar-refractivity contribution in [2.24, 2.45) is 0 Å². The topological polar surface area (TPSA) is 69.0 Å². The molecule has 1 aliphatic heterocycles. The quantitative estimate of drug-likeness (QED) is 0.205. The van der Waals surface area contributed by atoms with Gasteiger partial charge in [0, 0.05) is 11.6 Å². The minimum absolute atomic E-state index is 0.0639. The summed E-state index contributed by atoms with van der Waals surface area (Å²) >= 11 is 6.49. The molecule has 0 saturated carbocycles. The van der Waals surface area contributed by atoms with E-state index in [-0.39, 0.29) is 23.6 Å². The predicted molar refractivity (Wildman–Crippen MR) is 153 cm³/mol. The zero-order chi connectivity index (χ0) is 27.7. The number of fused-ring (bicyclic) bond motifs is 2. The van der Waals surface area contributed by atoms with Crippen LogP contribution < -0.4 is 14.9 Å². The van der Waals surface area contributed by atoms with Gasteiger partial charge in [0.15, 0.2) is 16.9 Å². The van der Waals surface area contributed by atoms with Gasteiger partial charge in [-0.15, -0.1) is 0 Å². The third-order valence-electron chi connectivity index (χ3n) is 7.22. The largest absolute Gasteiger partial charge is 0.490 e. The van der Waals surface area contributed by atoms with Crippen molar-refractivity contribution in [1.29, 1.82) is 0 Å². The molecule has 0 N–H and O–H groups in total. The highest BCUT2D eigenvalue weighted by Crippen LogP contribution is 2.42. The molecule has 5 rings (SSSR count). The number of hydrogen-bond acceptors (Lipinski definition) is 5. The Balaban J connectivity index is 1.69. The molecule has 0 spiro atoms. The Bertz CT molecular complexity index is 1610. The highest BCUT2D eigenvalue weighted by molar-refractivity contribution is 6.31. The number of nitrogens with zero attached hydrogens (tertiary/aromatic N) is 1. The average Bonchev–Trinajstić information content (AvgIpc) is 3.19. The van der Waals surface area contributed by atoms with Gasteiger partial charge in [0.25, 0.3) is 5.91 Å². The Hall–Kier alpha value is -3.77. The van der Waals surface area contributed by atoms with Crippen molar-refractivity contribution in [2.75, 3.05) is 13.2 Å². The number of carbonyl (C=O) groups is 1.